The third-order valence-corrected chi connectivity index (χ3v) is 6.61. The number of urea groups is 1. The zero-order chi connectivity index (χ0) is 24.3. The van der Waals surface area contributed by atoms with Crippen LogP contribution in [-0.4, -0.2) is 51.8 Å². The molecule has 0 atom stereocenters. The number of carbonyl (C=O) groups is 2. The highest BCUT2D eigenvalue weighted by Gasteiger charge is 2.42. The molecule has 0 bridgehead atoms. The van der Waals surface area contributed by atoms with Gasteiger partial charge in [-0.3, -0.25) is 4.79 Å². The average molecular weight is 498 g/mol. The first kappa shape index (κ1) is 24.4. The second-order valence-corrected chi connectivity index (χ2v) is 9.25. The van der Waals surface area contributed by atoms with Crippen molar-refractivity contribution in [1.82, 2.24) is 25.3 Å². The van der Waals surface area contributed by atoms with Gasteiger partial charge in [0, 0.05) is 30.2 Å². The molecule has 1 saturated carbocycles. The summed E-state index contributed by atoms with van der Waals surface area (Å²) in [6.07, 6.45) is 2.46. The summed E-state index contributed by atoms with van der Waals surface area (Å²) < 4.78 is 42.5. The maximum absolute atomic E-state index is 13.9. The van der Waals surface area contributed by atoms with Crippen molar-refractivity contribution in [2.45, 2.75) is 63.2 Å². The fourth-order valence-electron chi connectivity index (χ4n) is 4.64. The van der Waals surface area contributed by atoms with Crippen molar-refractivity contribution in [2.75, 3.05) is 13.1 Å². The van der Waals surface area contributed by atoms with Crippen molar-refractivity contribution in [3.05, 3.63) is 46.7 Å². The van der Waals surface area contributed by atoms with Crippen LogP contribution < -0.4 is 10.6 Å². The van der Waals surface area contributed by atoms with Gasteiger partial charge in [0.25, 0.3) is 5.91 Å². The number of hydrogen-bond donors (Lipinski definition) is 2. The summed E-state index contributed by atoms with van der Waals surface area (Å²) in [5.74, 6) is -0.731. The molecule has 2 aromatic rings. The highest BCUT2D eigenvalue weighted by molar-refractivity contribution is 6.30. The van der Waals surface area contributed by atoms with Crippen LogP contribution in [0.25, 0.3) is 5.69 Å². The summed E-state index contributed by atoms with van der Waals surface area (Å²) in [5, 5.41) is 10.0. The fourth-order valence-corrected chi connectivity index (χ4v) is 4.82. The van der Waals surface area contributed by atoms with Crippen molar-refractivity contribution < 1.29 is 22.8 Å². The quantitative estimate of drug-likeness (QED) is 0.638. The molecule has 1 aromatic heterocycles. The molecule has 0 unspecified atom stereocenters. The lowest BCUT2D eigenvalue weighted by atomic mass is 9.96. The topological polar surface area (TPSA) is 79.3 Å². The molecule has 4 rings (SSSR count). The van der Waals surface area contributed by atoms with E-state index in [9.17, 15) is 22.8 Å². The molecular formula is C23H27ClF3N5O2. The van der Waals surface area contributed by atoms with Crippen LogP contribution in [0.1, 0.15) is 61.0 Å². The van der Waals surface area contributed by atoms with E-state index in [1.54, 1.807) is 6.07 Å². The van der Waals surface area contributed by atoms with Gasteiger partial charge >= 0.3 is 12.2 Å². The first-order valence-corrected chi connectivity index (χ1v) is 11.9. The van der Waals surface area contributed by atoms with Crippen molar-refractivity contribution in [3.8, 4) is 5.69 Å². The second-order valence-electron chi connectivity index (χ2n) is 8.82. The Hall–Kier alpha value is -2.75. The van der Waals surface area contributed by atoms with E-state index >= 15 is 0 Å². The number of carbonyl (C=O) groups excluding carboxylic acids is 2. The summed E-state index contributed by atoms with van der Waals surface area (Å²) in [7, 11) is 0. The predicted octanol–water partition coefficient (Wildman–Crippen LogP) is 4.78. The van der Waals surface area contributed by atoms with Crippen LogP contribution in [0.5, 0.6) is 0 Å². The first-order chi connectivity index (χ1) is 16.2. The van der Waals surface area contributed by atoms with Crippen LogP contribution in [0.2, 0.25) is 5.02 Å². The van der Waals surface area contributed by atoms with E-state index < -0.39 is 23.3 Å². The lowest BCUT2D eigenvalue weighted by Crippen LogP contribution is -2.51. The number of alkyl halides is 3. The Morgan fingerprint density at radius 1 is 1.00 bits per heavy atom. The Morgan fingerprint density at radius 2 is 1.65 bits per heavy atom. The minimum atomic E-state index is -4.79. The number of likely N-dealkylation sites (tertiary alicyclic amines) is 1. The molecule has 11 heteroatoms. The molecule has 1 aliphatic carbocycles. The van der Waals surface area contributed by atoms with Crippen LogP contribution in [0.3, 0.4) is 0 Å². The maximum Gasteiger partial charge on any atom is 0.434 e. The van der Waals surface area contributed by atoms with E-state index in [1.165, 1.54) is 29.5 Å². The molecule has 2 fully saturated rings. The maximum atomic E-state index is 13.9. The van der Waals surface area contributed by atoms with Gasteiger partial charge in [0.1, 0.15) is 0 Å². The number of halogens is 4. The highest BCUT2D eigenvalue weighted by Crippen LogP contribution is 2.35. The summed E-state index contributed by atoms with van der Waals surface area (Å²) in [6.45, 7) is 0.486. The van der Waals surface area contributed by atoms with Crippen molar-refractivity contribution >= 4 is 23.5 Å². The van der Waals surface area contributed by atoms with Crippen LogP contribution in [-0.2, 0) is 6.18 Å². The smallest absolute Gasteiger partial charge is 0.338 e. The molecule has 0 radical (unpaired) electrons. The number of aromatic nitrogens is 2. The van der Waals surface area contributed by atoms with Gasteiger partial charge in [-0.15, -0.1) is 0 Å². The molecule has 1 aliphatic heterocycles. The predicted molar refractivity (Wildman–Crippen MR) is 121 cm³/mol. The van der Waals surface area contributed by atoms with E-state index in [0.29, 0.717) is 17.5 Å². The molecule has 34 heavy (non-hydrogen) atoms. The van der Waals surface area contributed by atoms with E-state index in [0.717, 1.165) is 31.9 Å². The Bertz CT molecular complexity index is 1030. The van der Waals surface area contributed by atoms with Gasteiger partial charge in [-0.1, -0.05) is 36.9 Å². The molecule has 1 aromatic carbocycles. The number of benzene rings is 1. The zero-order valence-electron chi connectivity index (χ0n) is 18.6. The molecule has 2 aliphatic rings. The number of hydrogen-bond acceptors (Lipinski definition) is 3. The zero-order valence-corrected chi connectivity index (χ0v) is 19.3. The summed E-state index contributed by atoms with van der Waals surface area (Å²) in [5.41, 5.74) is -1.52. The summed E-state index contributed by atoms with van der Waals surface area (Å²) >= 11 is 5.92. The number of nitrogens with zero attached hydrogens (tertiary/aromatic N) is 3. The number of nitrogens with one attached hydrogen (secondary N) is 2. The van der Waals surface area contributed by atoms with Gasteiger partial charge in [0.15, 0.2) is 5.69 Å². The third kappa shape index (κ3) is 5.65. The lowest BCUT2D eigenvalue weighted by Gasteiger charge is -2.33. The Labute approximate surface area is 200 Å². The van der Waals surface area contributed by atoms with Gasteiger partial charge < -0.3 is 15.5 Å². The molecule has 3 amide bonds. The molecule has 0 spiro atoms. The standard InChI is InChI=1S/C23H27ClF3N5O2/c24-15-5-4-8-18(13-15)32-20(23(25,26)27)19(14-28-32)21(33)31-11-9-17(10-12-31)30-22(34)29-16-6-2-1-3-7-16/h4-5,8,13-14,16-17H,1-3,6-7,9-12H2,(H2,29,30,34). The molecular weight excluding hydrogens is 471 g/mol. The SMILES string of the molecule is O=C(NC1CCCCC1)NC1CCN(C(=O)c2cnn(-c3cccc(Cl)c3)c2C(F)(F)F)CC1. The van der Waals surface area contributed by atoms with Crippen molar-refractivity contribution in [3.63, 3.8) is 0 Å². The number of rotatable bonds is 4. The summed E-state index contributed by atoms with van der Waals surface area (Å²) in [4.78, 5) is 26.7. The van der Waals surface area contributed by atoms with Crippen molar-refractivity contribution in [1.29, 1.82) is 0 Å². The minimum absolute atomic E-state index is 0.116. The number of piperidine rings is 1. The van der Waals surface area contributed by atoms with Crippen LogP contribution in [0.15, 0.2) is 30.5 Å². The number of amides is 3. The molecule has 7 nitrogen and oxygen atoms in total. The largest absolute Gasteiger partial charge is 0.434 e. The minimum Gasteiger partial charge on any atom is -0.338 e. The van der Waals surface area contributed by atoms with E-state index in [2.05, 4.69) is 15.7 Å². The molecule has 2 heterocycles. The second kappa shape index (κ2) is 10.2. The van der Waals surface area contributed by atoms with E-state index in [4.69, 9.17) is 11.6 Å². The van der Waals surface area contributed by atoms with Crippen molar-refractivity contribution in [2.24, 2.45) is 0 Å². The average Bonchev–Trinajstić information content (AvgIpc) is 3.26. The van der Waals surface area contributed by atoms with Gasteiger partial charge in [0.05, 0.1) is 17.4 Å². The monoisotopic (exact) mass is 497 g/mol. The third-order valence-electron chi connectivity index (χ3n) is 6.38. The Kier molecular flexibility index (Phi) is 7.35. The van der Waals surface area contributed by atoms with Gasteiger partial charge in [-0.2, -0.15) is 18.3 Å². The van der Waals surface area contributed by atoms with Crippen LogP contribution in [0, 0.1) is 0 Å². The van der Waals surface area contributed by atoms with Crippen LogP contribution in [0.4, 0.5) is 18.0 Å². The molecule has 184 valence electrons. The van der Waals surface area contributed by atoms with Gasteiger partial charge in [-0.25, -0.2) is 9.48 Å². The molecule has 2 N–H and O–H groups in total. The fraction of sp³-hybridized carbons (Fsp3) is 0.522. The van der Waals surface area contributed by atoms with E-state index in [1.807, 2.05) is 0 Å². The lowest BCUT2D eigenvalue weighted by molar-refractivity contribution is -0.143. The summed E-state index contributed by atoms with van der Waals surface area (Å²) in [6, 6.07) is 5.69. The highest BCUT2D eigenvalue weighted by atomic mass is 35.5. The van der Waals surface area contributed by atoms with E-state index in [-0.39, 0.29) is 41.9 Å². The van der Waals surface area contributed by atoms with Gasteiger partial charge in [-0.05, 0) is 43.9 Å². The van der Waals surface area contributed by atoms with Crippen LogP contribution >= 0.6 is 11.6 Å². The van der Waals surface area contributed by atoms with Gasteiger partial charge in [0.2, 0.25) is 0 Å². The first-order valence-electron chi connectivity index (χ1n) is 11.5. The molecule has 1 saturated heterocycles. The normalized spacial score (nSPS) is 18.1. The Balaban J connectivity index is 1.40. The Morgan fingerprint density at radius 3 is 2.26 bits per heavy atom.